The van der Waals surface area contributed by atoms with Crippen LogP contribution in [0.1, 0.15) is 24.1 Å². The maximum atomic E-state index is 4.62. The van der Waals surface area contributed by atoms with Crippen molar-refractivity contribution in [2.24, 2.45) is 4.99 Å². The van der Waals surface area contributed by atoms with Gasteiger partial charge < -0.3 is 4.90 Å². The summed E-state index contributed by atoms with van der Waals surface area (Å²) >= 11 is 0. The van der Waals surface area contributed by atoms with E-state index in [1.54, 1.807) is 0 Å². The largest absolute Gasteiger partial charge is 0.368 e. The number of aliphatic imine (C=N–C) groups is 1. The number of piperazine rings is 1. The molecular weight excluding hydrogens is 272 g/mol. The summed E-state index contributed by atoms with van der Waals surface area (Å²) in [5, 5.41) is 0. The molecule has 4 heteroatoms. The van der Waals surface area contributed by atoms with Crippen molar-refractivity contribution >= 4 is 18.0 Å². The lowest BCUT2D eigenvalue weighted by Gasteiger charge is -2.39. The Bertz CT molecular complexity index is 716. The van der Waals surface area contributed by atoms with Gasteiger partial charge in [-0.1, -0.05) is 0 Å². The predicted molar refractivity (Wildman–Crippen MR) is 89.3 cm³/mol. The van der Waals surface area contributed by atoms with E-state index in [-0.39, 0.29) is 0 Å². The number of nitrogens with zero attached hydrogens (tertiary/aromatic N) is 4. The van der Waals surface area contributed by atoms with Gasteiger partial charge in [-0.15, -0.1) is 0 Å². The summed E-state index contributed by atoms with van der Waals surface area (Å²) in [6.45, 7) is 4.77. The number of fused-ring (bicyclic) bond motifs is 3. The van der Waals surface area contributed by atoms with Gasteiger partial charge in [0.15, 0.2) is 0 Å². The third-order valence-electron chi connectivity index (χ3n) is 5.43. The fourth-order valence-corrected chi connectivity index (χ4v) is 4.26. The van der Waals surface area contributed by atoms with Gasteiger partial charge >= 0.3 is 0 Å². The molecule has 22 heavy (non-hydrogen) atoms. The Kier molecular flexibility index (Phi) is 2.74. The first-order valence-electron chi connectivity index (χ1n) is 8.31. The molecule has 0 bridgehead atoms. The van der Waals surface area contributed by atoms with Crippen LogP contribution in [0.25, 0.3) is 6.08 Å². The fraction of sp³-hybridized carbons (Fsp3) is 0.444. The molecule has 5 rings (SSSR count). The Morgan fingerprint density at radius 1 is 1.18 bits per heavy atom. The zero-order chi connectivity index (χ0) is 14.5. The summed E-state index contributed by atoms with van der Waals surface area (Å²) in [5.41, 5.74) is 6.27. The van der Waals surface area contributed by atoms with Gasteiger partial charge in [0, 0.05) is 55.8 Å². The molecule has 0 saturated carbocycles. The minimum atomic E-state index is 0.744. The van der Waals surface area contributed by atoms with Crippen LogP contribution in [0.3, 0.4) is 0 Å². The van der Waals surface area contributed by atoms with E-state index in [4.69, 9.17) is 0 Å². The van der Waals surface area contributed by atoms with Crippen molar-refractivity contribution in [3.63, 3.8) is 0 Å². The van der Waals surface area contributed by atoms with E-state index >= 15 is 0 Å². The second kappa shape index (κ2) is 4.78. The van der Waals surface area contributed by atoms with Crippen molar-refractivity contribution in [2.45, 2.75) is 25.3 Å². The van der Waals surface area contributed by atoms with E-state index in [0.717, 1.165) is 31.2 Å². The number of aromatic nitrogens is 1. The summed E-state index contributed by atoms with van der Waals surface area (Å²) in [4.78, 5) is 14.3. The van der Waals surface area contributed by atoms with Crippen molar-refractivity contribution in [1.29, 1.82) is 0 Å². The maximum Gasteiger partial charge on any atom is 0.0673 e. The second-order valence-electron chi connectivity index (χ2n) is 6.64. The van der Waals surface area contributed by atoms with E-state index in [0.29, 0.717) is 0 Å². The molecule has 1 aromatic rings. The minimum Gasteiger partial charge on any atom is -0.368 e. The minimum absolute atomic E-state index is 0.744. The number of hydrogen-bond acceptors (Lipinski definition) is 4. The summed E-state index contributed by atoms with van der Waals surface area (Å²) in [5.74, 6) is 0. The summed E-state index contributed by atoms with van der Waals surface area (Å²) in [6.07, 6.45) is 11.9. The molecule has 4 heterocycles. The van der Waals surface area contributed by atoms with Crippen molar-refractivity contribution in [1.82, 2.24) is 9.88 Å². The molecule has 0 aromatic carbocycles. The van der Waals surface area contributed by atoms with Gasteiger partial charge in [0.05, 0.1) is 11.4 Å². The third-order valence-corrected chi connectivity index (χ3v) is 5.43. The highest BCUT2D eigenvalue weighted by Crippen LogP contribution is 2.36. The molecule has 1 aromatic heterocycles. The molecule has 112 valence electrons. The Hall–Kier alpha value is -1.94. The quantitative estimate of drug-likeness (QED) is 0.796. The lowest BCUT2D eigenvalue weighted by molar-refractivity contribution is 0.231. The van der Waals surface area contributed by atoms with Crippen molar-refractivity contribution in [3.05, 3.63) is 40.9 Å². The van der Waals surface area contributed by atoms with E-state index in [2.05, 4.69) is 38.0 Å². The van der Waals surface area contributed by atoms with E-state index in [1.165, 1.54) is 48.4 Å². The van der Waals surface area contributed by atoms with Crippen molar-refractivity contribution in [2.75, 3.05) is 31.1 Å². The Balaban J connectivity index is 1.52. The molecule has 0 amide bonds. The molecule has 0 unspecified atom stereocenters. The van der Waals surface area contributed by atoms with Gasteiger partial charge in [-0.2, -0.15) is 0 Å². The van der Waals surface area contributed by atoms with Crippen LogP contribution in [-0.2, 0) is 6.42 Å². The van der Waals surface area contributed by atoms with Crippen LogP contribution >= 0.6 is 0 Å². The molecule has 1 aliphatic carbocycles. The Labute approximate surface area is 130 Å². The van der Waals surface area contributed by atoms with Crippen LogP contribution in [0.4, 0.5) is 5.69 Å². The van der Waals surface area contributed by atoms with Crippen molar-refractivity contribution < 1.29 is 0 Å². The van der Waals surface area contributed by atoms with Crippen molar-refractivity contribution in [3.8, 4) is 0 Å². The molecule has 1 atom stereocenters. The van der Waals surface area contributed by atoms with Gasteiger partial charge in [-0.3, -0.25) is 14.9 Å². The summed E-state index contributed by atoms with van der Waals surface area (Å²) in [6, 6.07) is 2.93. The number of rotatable bonds is 1. The zero-order valence-electron chi connectivity index (χ0n) is 12.7. The molecule has 4 nitrogen and oxygen atoms in total. The van der Waals surface area contributed by atoms with Crippen LogP contribution in [0, 0.1) is 0 Å². The maximum absolute atomic E-state index is 4.62. The van der Waals surface area contributed by atoms with Crippen LogP contribution in [-0.4, -0.2) is 48.3 Å². The summed E-state index contributed by atoms with van der Waals surface area (Å²) in [7, 11) is 0. The Morgan fingerprint density at radius 2 is 2.18 bits per heavy atom. The number of allylic oxidation sites excluding steroid dienone is 2. The molecule has 4 aliphatic rings. The van der Waals surface area contributed by atoms with Gasteiger partial charge in [0.1, 0.15) is 0 Å². The lowest BCUT2D eigenvalue weighted by atomic mass is 9.94. The van der Waals surface area contributed by atoms with Crippen LogP contribution in [0.15, 0.2) is 34.6 Å². The topological polar surface area (TPSA) is 31.7 Å². The van der Waals surface area contributed by atoms with Gasteiger partial charge in [0.2, 0.25) is 0 Å². The molecule has 3 aliphatic heterocycles. The average Bonchev–Trinajstić information content (AvgIpc) is 3.19. The first kappa shape index (κ1) is 12.6. The highest BCUT2D eigenvalue weighted by Gasteiger charge is 2.32. The van der Waals surface area contributed by atoms with Crippen LogP contribution in [0.2, 0.25) is 0 Å². The predicted octanol–water partition coefficient (Wildman–Crippen LogP) is 2.27. The standard InChI is InChI=1S/C18H20N4/c1-2-14-12-22(9-8-21(14)7-1)18-4-6-20-17-10-13-3-5-19-16(13)11-15(17)18/h3-6,11,14H,1-2,7-10,12H2/t14-/m0/s1. The van der Waals surface area contributed by atoms with Crippen LogP contribution in [0.5, 0.6) is 0 Å². The molecular formula is C18H20N4. The smallest absolute Gasteiger partial charge is 0.0673 e. The van der Waals surface area contributed by atoms with Crippen LogP contribution < -0.4 is 4.90 Å². The SMILES string of the molecule is C1=NC2=Cc3c(N4CCN5CCC[C@H]5C4)ccnc3CC2=C1. The highest BCUT2D eigenvalue weighted by molar-refractivity contribution is 5.86. The number of hydrogen-bond donors (Lipinski definition) is 0. The van der Waals surface area contributed by atoms with E-state index < -0.39 is 0 Å². The molecule has 0 spiro atoms. The second-order valence-corrected chi connectivity index (χ2v) is 6.64. The highest BCUT2D eigenvalue weighted by atomic mass is 15.3. The number of anilines is 1. The Morgan fingerprint density at radius 3 is 3.18 bits per heavy atom. The monoisotopic (exact) mass is 292 g/mol. The molecule has 0 N–H and O–H groups in total. The lowest BCUT2D eigenvalue weighted by Crippen LogP contribution is -2.50. The van der Waals surface area contributed by atoms with E-state index in [9.17, 15) is 0 Å². The molecule has 2 fully saturated rings. The third kappa shape index (κ3) is 1.87. The number of pyridine rings is 1. The van der Waals surface area contributed by atoms with E-state index in [1.807, 2.05) is 12.4 Å². The summed E-state index contributed by atoms with van der Waals surface area (Å²) < 4.78 is 0. The molecule has 2 saturated heterocycles. The zero-order valence-corrected chi connectivity index (χ0v) is 12.7. The van der Waals surface area contributed by atoms with Gasteiger partial charge in [-0.05, 0) is 43.2 Å². The fourth-order valence-electron chi connectivity index (χ4n) is 4.26. The molecule has 0 radical (unpaired) electrons. The first-order chi connectivity index (χ1) is 10.9. The first-order valence-corrected chi connectivity index (χ1v) is 8.31. The average molecular weight is 292 g/mol. The van der Waals surface area contributed by atoms with Gasteiger partial charge in [-0.25, -0.2) is 0 Å². The van der Waals surface area contributed by atoms with Gasteiger partial charge in [0.25, 0.3) is 0 Å². The normalized spacial score (nSPS) is 26.4.